The zero-order valence-electron chi connectivity index (χ0n) is 12.3. The topological polar surface area (TPSA) is 66.5 Å². The summed E-state index contributed by atoms with van der Waals surface area (Å²) >= 11 is 0. The van der Waals surface area contributed by atoms with Crippen molar-refractivity contribution in [1.82, 2.24) is 0 Å². The van der Waals surface area contributed by atoms with E-state index in [0.717, 1.165) is 27.1 Å². The van der Waals surface area contributed by atoms with Crippen molar-refractivity contribution in [2.45, 2.75) is 0 Å². The Morgan fingerprint density at radius 1 is 0.826 bits per heavy atom. The molecule has 0 amide bonds. The lowest BCUT2D eigenvalue weighted by atomic mass is 10.0. The number of phenols is 2. The maximum atomic E-state index is 10.2. The Labute approximate surface area is 133 Å². The van der Waals surface area contributed by atoms with Crippen LogP contribution in [-0.4, -0.2) is 10.2 Å². The minimum Gasteiger partial charge on any atom is -0.507 e. The highest BCUT2D eigenvalue weighted by Crippen LogP contribution is 2.29. The van der Waals surface area contributed by atoms with Crippen LogP contribution >= 0.6 is 0 Å². The summed E-state index contributed by atoms with van der Waals surface area (Å²) in [5.41, 5.74) is 10.2. The molecule has 0 fully saturated rings. The molecule has 23 heavy (non-hydrogen) atoms. The van der Waals surface area contributed by atoms with E-state index < -0.39 is 0 Å². The van der Waals surface area contributed by atoms with Crippen LogP contribution in [-0.2, 0) is 0 Å². The molecule has 1 aliphatic carbocycles. The lowest BCUT2D eigenvalue weighted by molar-refractivity contribution is 0.473. The fourth-order valence-corrected chi connectivity index (χ4v) is 3.04. The number of hydrogen-bond acceptors (Lipinski definition) is 3. The second-order valence-corrected chi connectivity index (χ2v) is 5.62. The lowest BCUT2D eigenvalue weighted by Gasteiger charge is -2.06. The molecule has 0 radical (unpaired) electrons. The summed E-state index contributed by atoms with van der Waals surface area (Å²) in [7, 11) is 0. The number of anilines is 1. The molecule has 1 aliphatic rings. The van der Waals surface area contributed by atoms with Crippen molar-refractivity contribution in [2.24, 2.45) is 0 Å². The van der Waals surface area contributed by atoms with Gasteiger partial charge in [-0.2, -0.15) is 0 Å². The quantitative estimate of drug-likeness (QED) is 0.373. The maximum Gasteiger partial charge on any atom is 0.139 e. The van der Waals surface area contributed by atoms with Gasteiger partial charge in [0.05, 0.1) is 5.69 Å². The van der Waals surface area contributed by atoms with Gasteiger partial charge in [-0.3, -0.25) is 0 Å². The maximum absolute atomic E-state index is 10.2. The van der Waals surface area contributed by atoms with Crippen molar-refractivity contribution in [3.63, 3.8) is 0 Å². The van der Waals surface area contributed by atoms with Crippen LogP contribution in [0, 0.1) is 0 Å². The first kappa shape index (κ1) is 13.5. The van der Waals surface area contributed by atoms with Crippen LogP contribution in [0.5, 0.6) is 11.5 Å². The zero-order chi connectivity index (χ0) is 16.0. The van der Waals surface area contributed by atoms with E-state index in [4.69, 9.17) is 5.73 Å². The fraction of sp³-hybridized carbons (Fsp3) is 0. The number of hydrogen-bond donors (Lipinski definition) is 3. The van der Waals surface area contributed by atoms with Gasteiger partial charge in [0.1, 0.15) is 11.5 Å². The zero-order valence-corrected chi connectivity index (χ0v) is 12.3. The molecule has 0 aromatic heterocycles. The number of para-hydroxylation sites is 1. The van der Waals surface area contributed by atoms with Gasteiger partial charge in [-0.05, 0) is 46.2 Å². The minimum absolute atomic E-state index is 0.0514. The van der Waals surface area contributed by atoms with Crippen LogP contribution in [0.15, 0.2) is 54.6 Å². The van der Waals surface area contributed by atoms with Gasteiger partial charge in [0, 0.05) is 10.8 Å². The van der Waals surface area contributed by atoms with Crippen molar-refractivity contribution in [3.8, 4) is 22.6 Å². The summed E-state index contributed by atoms with van der Waals surface area (Å²) in [6.07, 6.45) is 3.87. The molecule has 0 heterocycles. The van der Waals surface area contributed by atoms with Crippen molar-refractivity contribution < 1.29 is 10.2 Å². The van der Waals surface area contributed by atoms with Crippen molar-refractivity contribution >= 4 is 17.8 Å². The predicted octanol–water partition coefficient (Wildman–Crippen LogP) is 2.32. The van der Waals surface area contributed by atoms with Crippen LogP contribution in [0.25, 0.3) is 23.3 Å². The summed E-state index contributed by atoms with van der Waals surface area (Å²) in [6, 6.07) is 16.8. The molecule has 4 N–H and O–H groups in total. The number of rotatable bonds is 1. The molecule has 112 valence electrons. The van der Waals surface area contributed by atoms with Crippen molar-refractivity contribution in [3.05, 3.63) is 76.2 Å². The molecular formula is C20H15NO2. The van der Waals surface area contributed by atoms with E-state index in [1.54, 1.807) is 18.2 Å². The van der Waals surface area contributed by atoms with Crippen LogP contribution in [0.2, 0.25) is 0 Å². The van der Waals surface area contributed by atoms with E-state index in [1.165, 1.54) is 0 Å². The number of aromatic hydroxyl groups is 2. The number of phenolic OH excluding ortho intramolecular Hbond substituents is 2. The number of fused-ring (bicyclic) bond motifs is 3. The van der Waals surface area contributed by atoms with Crippen LogP contribution in [0.3, 0.4) is 0 Å². The van der Waals surface area contributed by atoms with Crippen LogP contribution in [0.1, 0.15) is 11.1 Å². The largest absolute Gasteiger partial charge is 0.507 e. The Morgan fingerprint density at radius 2 is 1.57 bits per heavy atom. The number of benzene rings is 3. The van der Waals surface area contributed by atoms with Crippen molar-refractivity contribution in [2.75, 3.05) is 5.73 Å². The number of nitrogen functional groups attached to an aromatic ring is 1. The monoisotopic (exact) mass is 301 g/mol. The minimum atomic E-state index is 0.0514. The first-order valence-corrected chi connectivity index (χ1v) is 7.37. The third-order valence-corrected chi connectivity index (χ3v) is 4.21. The molecular weight excluding hydrogens is 286 g/mol. The Bertz CT molecular complexity index is 1050. The Balaban J connectivity index is 2.10. The van der Waals surface area contributed by atoms with Gasteiger partial charge in [0.25, 0.3) is 0 Å². The van der Waals surface area contributed by atoms with Crippen LogP contribution in [0.4, 0.5) is 5.69 Å². The molecule has 3 nitrogen and oxygen atoms in total. The standard InChI is InChI=1S/C20H15NO2/c21-20-17(10-13-6-2-4-8-18(13)22)15-9-12-5-1-3-7-14(12)16(15)11-19(20)23/h1-11,22-23H,21H2. The first-order chi connectivity index (χ1) is 11.1. The van der Waals surface area contributed by atoms with E-state index in [0.29, 0.717) is 11.3 Å². The molecule has 0 aliphatic heterocycles. The predicted molar refractivity (Wildman–Crippen MR) is 92.4 cm³/mol. The van der Waals surface area contributed by atoms with Gasteiger partial charge in [-0.15, -0.1) is 0 Å². The lowest BCUT2D eigenvalue weighted by Crippen LogP contribution is -2.28. The average molecular weight is 301 g/mol. The summed E-state index contributed by atoms with van der Waals surface area (Å²) in [5, 5.41) is 21.9. The van der Waals surface area contributed by atoms with Crippen molar-refractivity contribution in [1.29, 1.82) is 0 Å². The Morgan fingerprint density at radius 3 is 2.39 bits per heavy atom. The first-order valence-electron chi connectivity index (χ1n) is 7.37. The van der Waals surface area contributed by atoms with Gasteiger partial charge in [0.2, 0.25) is 0 Å². The highest BCUT2D eigenvalue weighted by molar-refractivity contribution is 5.86. The Hall–Kier alpha value is -3.20. The molecule has 0 saturated carbocycles. The van der Waals surface area contributed by atoms with Gasteiger partial charge in [-0.25, -0.2) is 0 Å². The fourth-order valence-electron chi connectivity index (χ4n) is 3.04. The van der Waals surface area contributed by atoms with Gasteiger partial charge in [-0.1, -0.05) is 42.5 Å². The van der Waals surface area contributed by atoms with E-state index >= 15 is 0 Å². The third-order valence-electron chi connectivity index (χ3n) is 4.21. The molecule has 0 bridgehead atoms. The van der Waals surface area contributed by atoms with Gasteiger partial charge >= 0.3 is 0 Å². The summed E-state index contributed by atoms with van der Waals surface area (Å²) in [6.45, 7) is 0. The number of nitrogens with two attached hydrogens (primary N) is 1. The third kappa shape index (κ3) is 2.06. The highest BCUT2D eigenvalue weighted by Gasteiger charge is 2.15. The summed E-state index contributed by atoms with van der Waals surface area (Å²) < 4.78 is 0. The molecule has 0 saturated heterocycles. The van der Waals surface area contributed by atoms with Crippen LogP contribution < -0.4 is 16.2 Å². The van der Waals surface area contributed by atoms with Gasteiger partial charge in [0.15, 0.2) is 0 Å². The van der Waals surface area contributed by atoms with E-state index in [2.05, 4.69) is 6.08 Å². The molecule has 3 aromatic rings. The second-order valence-electron chi connectivity index (χ2n) is 5.62. The average Bonchev–Trinajstić information content (AvgIpc) is 2.92. The van der Waals surface area contributed by atoms with E-state index in [-0.39, 0.29) is 11.5 Å². The highest BCUT2D eigenvalue weighted by atomic mass is 16.3. The van der Waals surface area contributed by atoms with Gasteiger partial charge < -0.3 is 15.9 Å². The molecule has 3 heteroatoms. The molecule has 0 unspecified atom stereocenters. The summed E-state index contributed by atoms with van der Waals surface area (Å²) in [5.74, 6) is 0.232. The Kier molecular flexibility index (Phi) is 2.88. The molecule has 4 rings (SSSR count). The molecule has 3 aromatic carbocycles. The SMILES string of the molecule is Nc1c(O)cc2c(c1=Cc1ccccc1O)=Cc1ccccc1-2. The summed E-state index contributed by atoms with van der Waals surface area (Å²) in [4.78, 5) is 0. The van der Waals surface area contributed by atoms with E-state index in [1.807, 2.05) is 42.5 Å². The van der Waals surface area contributed by atoms with E-state index in [9.17, 15) is 10.2 Å². The molecule has 0 spiro atoms. The normalized spacial score (nSPS) is 12.6. The molecule has 0 atom stereocenters. The second kappa shape index (κ2) is 4.92. The smallest absolute Gasteiger partial charge is 0.139 e.